The van der Waals surface area contributed by atoms with Crippen molar-refractivity contribution in [3.05, 3.63) is 78.4 Å². The summed E-state index contributed by atoms with van der Waals surface area (Å²) in [4.78, 5) is 12.8. The van der Waals surface area contributed by atoms with Crippen LogP contribution in [0.15, 0.2) is 78.0 Å². The smallest absolute Gasteiger partial charge is 0.234 e. The number of nitrogens with zero attached hydrogens (tertiary/aromatic N) is 3. The first-order chi connectivity index (χ1) is 17.1. The average Bonchev–Trinajstić information content (AvgIpc) is 3.29. The Hall–Kier alpha value is -3.78. The van der Waals surface area contributed by atoms with Crippen LogP contribution in [-0.4, -0.2) is 39.6 Å². The number of amides is 1. The molecule has 0 aliphatic carbocycles. The van der Waals surface area contributed by atoms with E-state index in [1.54, 1.807) is 0 Å². The molecule has 0 spiro atoms. The van der Waals surface area contributed by atoms with E-state index in [2.05, 4.69) is 21.6 Å². The van der Waals surface area contributed by atoms with Crippen molar-refractivity contribution < 1.29 is 14.3 Å². The van der Waals surface area contributed by atoms with Gasteiger partial charge in [0.25, 0.3) is 0 Å². The lowest BCUT2D eigenvalue weighted by Crippen LogP contribution is -2.15. The second-order valence-electron chi connectivity index (χ2n) is 7.70. The second-order valence-corrected chi connectivity index (χ2v) is 8.65. The number of ether oxygens (including phenoxy) is 2. The summed E-state index contributed by atoms with van der Waals surface area (Å²) >= 11 is 1.33. The van der Waals surface area contributed by atoms with E-state index in [9.17, 15) is 4.79 Å². The molecule has 4 rings (SSSR count). The quantitative estimate of drug-likeness (QED) is 0.286. The Bertz CT molecular complexity index is 1290. The molecule has 0 saturated carbocycles. The van der Waals surface area contributed by atoms with Crippen molar-refractivity contribution in [2.45, 2.75) is 25.9 Å². The fourth-order valence-corrected chi connectivity index (χ4v) is 4.34. The van der Waals surface area contributed by atoms with Crippen LogP contribution < -0.4 is 14.8 Å². The summed E-state index contributed by atoms with van der Waals surface area (Å²) in [7, 11) is 0. The molecule has 1 N–H and O–H groups in total. The number of thioether (sulfide) groups is 1. The summed E-state index contributed by atoms with van der Waals surface area (Å²) in [6, 6.07) is 23.3. The van der Waals surface area contributed by atoms with Gasteiger partial charge in [-0.2, -0.15) is 0 Å². The molecule has 0 radical (unpaired) electrons. The lowest BCUT2D eigenvalue weighted by Gasteiger charge is -2.13. The molecular weight excluding hydrogens is 460 g/mol. The van der Waals surface area contributed by atoms with E-state index in [1.165, 1.54) is 11.8 Å². The molecule has 35 heavy (non-hydrogen) atoms. The summed E-state index contributed by atoms with van der Waals surface area (Å²) in [5, 5.41) is 12.5. The van der Waals surface area contributed by atoms with Crippen molar-refractivity contribution in [3.63, 3.8) is 0 Å². The van der Waals surface area contributed by atoms with Crippen LogP contribution in [0.2, 0.25) is 0 Å². The number of carbonyl (C=O) groups is 1. The molecule has 0 aliphatic rings. The number of hydrogen-bond donors (Lipinski definition) is 1. The molecule has 3 aromatic carbocycles. The molecule has 1 amide bonds. The Morgan fingerprint density at radius 2 is 1.71 bits per heavy atom. The summed E-state index contributed by atoms with van der Waals surface area (Å²) in [6.45, 7) is 7.03. The molecule has 0 fully saturated rings. The van der Waals surface area contributed by atoms with Gasteiger partial charge in [0.2, 0.25) is 5.91 Å². The van der Waals surface area contributed by atoms with E-state index in [1.807, 2.05) is 92.1 Å². The fraction of sp³-hybridized carbons (Fsp3) is 0.222. The number of hydrogen-bond acceptors (Lipinski definition) is 6. The third-order valence-corrected chi connectivity index (χ3v) is 6.04. The Labute approximate surface area is 209 Å². The van der Waals surface area contributed by atoms with Crippen LogP contribution in [0.1, 0.15) is 19.4 Å². The van der Waals surface area contributed by atoms with Gasteiger partial charge < -0.3 is 14.8 Å². The first-order valence-corrected chi connectivity index (χ1v) is 12.5. The molecule has 1 heterocycles. The number of para-hydroxylation sites is 2. The van der Waals surface area contributed by atoms with Crippen molar-refractivity contribution in [3.8, 4) is 28.6 Å². The van der Waals surface area contributed by atoms with Gasteiger partial charge in [-0.3, -0.25) is 9.36 Å². The number of anilines is 1. The van der Waals surface area contributed by atoms with Gasteiger partial charge in [-0.25, -0.2) is 0 Å². The number of rotatable bonds is 10. The van der Waals surface area contributed by atoms with Crippen molar-refractivity contribution in [2.75, 3.05) is 24.3 Å². The number of aryl methyl sites for hydroxylation is 1. The van der Waals surface area contributed by atoms with Crippen LogP contribution in [0, 0.1) is 6.92 Å². The van der Waals surface area contributed by atoms with Gasteiger partial charge in [-0.05, 0) is 63.2 Å². The van der Waals surface area contributed by atoms with E-state index in [0.29, 0.717) is 35.6 Å². The highest BCUT2D eigenvalue weighted by atomic mass is 32.2. The minimum absolute atomic E-state index is 0.152. The molecule has 0 saturated heterocycles. The van der Waals surface area contributed by atoms with Gasteiger partial charge in [0.15, 0.2) is 11.0 Å². The lowest BCUT2D eigenvalue weighted by molar-refractivity contribution is -0.113. The number of benzene rings is 3. The Balaban J connectivity index is 1.59. The van der Waals surface area contributed by atoms with Gasteiger partial charge >= 0.3 is 0 Å². The predicted molar refractivity (Wildman–Crippen MR) is 140 cm³/mol. The van der Waals surface area contributed by atoms with Gasteiger partial charge in [0.1, 0.15) is 11.5 Å². The second kappa shape index (κ2) is 11.6. The predicted octanol–water partition coefficient (Wildman–Crippen LogP) is 5.77. The van der Waals surface area contributed by atoms with E-state index in [-0.39, 0.29) is 11.7 Å². The van der Waals surface area contributed by atoms with Crippen molar-refractivity contribution >= 4 is 23.4 Å². The highest BCUT2D eigenvalue weighted by Gasteiger charge is 2.18. The Morgan fingerprint density at radius 1 is 0.943 bits per heavy atom. The van der Waals surface area contributed by atoms with E-state index in [4.69, 9.17) is 9.47 Å². The zero-order valence-electron chi connectivity index (χ0n) is 20.0. The largest absolute Gasteiger partial charge is 0.494 e. The highest BCUT2D eigenvalue weighted by Crippen LogP contribution is 2.30. The number of nitrogens with one attached hydrogen (secondary N) is 1. The van der Waals surface area contributed by atoms with Crippen LogP contribution in [0.3, 0.4) is 0 Å². The fourth-order valence-electron chi connectivity index (χ4n) is 3.59. The first-order valence-electron chi connectivity index (χ1n) is 11.5. The van der Waals surface area contributed by atoms with Crippen LogP contribution in [0.5, 0.6) is 11.5 Å². The van der Waals surface area contributed by atoms with Gasteiger partial charge in [-0.1, -0.05) is 47.7 Å². The van der Waals surface area contributed by atoms with Crippen molar-refractivity contribution in [1.29, 1.82) is 0 Å². The average molecular weight is 489 g/mol. The molecule has 4 aromatic rings. The third kappa shape index (κ3) is 6.02. The van der Waals surface area contributed by atoms with Gasteiger partial charge in [-0.15, -0.1) is 10.2 Å². The number of aromatic nitrogens is 3. The zero-order valence-corrected chi connectivity index (χ0v) is 20.8. The van der Waals surface area contributed by atoms with Crippen molar-refractivity contribution in [2.24, 2.45) is 0 Å². The van der Waals surface area contributed by atoms with Crippen LogP contribution in [0.4, 0.5) is 5.69 Å². The molecule has 8 heteroatoms. The van der Waals surface area contributed by atoms with E-state index < -0.39 is 0 Å². The van der Waals surface area contributed by atoms with Crippen molar-refractivity contribution in [1.82, 2.24) is 14.8 Å². The first kappa shape index (κ1) is 24.3. The molecule has 1 aromatic heterocycles. The summed E-state index contributed by atoms with van der Waals surface area (Å²) in [5.41, 5.74) is 3.62. The van der Waals surface area contributed by atoms with Crippen LogP contribution in [-0.2, 0) is 4.79 Å². The summed E-state index contributed by atoms with van der Waals surface area (Å²) in [6.07, 6.45) is 0. The van der Waals surface area contributed by atoms with Crippen LogP contribution >= 0.6 is 11.8 Å². The molecule has 0 unspecified atom stereocenters. The lowest BCUT2D eigenvalue weighted by atomic mass is 10.1. The minimum atomic E-state index is -0.152. The Morgan fingerprint density at radius 3 is 2.46 bits per heavy atom. The molecule has 0 aliphatic heterocycles. The van der Waals surface area contributed by atoms with Crippen LogP contribution in [0.25, 0.3) is 17.1 Å². The molecule has 0 atom stereocenters. The topological polar surface area (TPSA) is 78.3 Å². The third-order valence-electron chi connectivity index (χ3n) is 5.11. The maximum Gasteiger partial charge on any atom is 0.234 e. The summed E-state index contributed by atoms with van der Waals surface area (Å²) in [5.74, 6) is 2.17. The maximum atomic E-state index is 12.8. The molecular formula is C27H28N4O3S. The van der Waals surface area contributed by atoms with E-state index in [0.717, 1.165) is 22.6 Å². The molecule has 0 bridgehead atoms. The monoisotopic (exact) mass is 488 g/mol. The standard InChI is InChI=1S/C27H28N4O3S/c1-4-33-22-15-13-21(14-16-22)31-26(20-10-8-9-19(3)17-20)29-30-27(31)35-18-25(32)28-23-11-6-7-12-24(23)34-5-2/h6-17H,4-5,18H2,1-3H3,(H,28,32). The van der Waals surface area contributed by atoms with Gasteiger partial charge in [0.05, 0.1) is 24.7 Å². The van der Waals surface area contributed by atoms with E-state index >= 15 is 0 Å². The zero-order chi connectivity index (χ0) is 24.6. The van der Waals surface area contributed by atoms with Gasteiger partial charge in [0, 0.05) is 11.3 Å². The highest BCUT2D eigenvalue weighted by molar-refractivity contribution is 7.99. The number of carbonyl (C=O) groups excluding carboxylic acids is 1. The normalized spacial score (nSPS) is 10.7. The maximum absolute atomic E-state index is 12.8. The summed E-state index contributed by atoms with van der Waals surface area (Å²) < 4.78 is 13.2. The SMILES string of the molecule is CCOc1ccc(-n2c(SCC(=O)Nc3ccccc3OCC)nnc2-c2cccc(C)c2)cc1. The molecule has 7 nitrogen and oxygen atoms in total. The Kier molecular flexibility index (Phi) is 8.05. The molecule has 180 valence electrons. The minimum Gasteiger partial charge on any atom is -0.494 e.